The lowest BCUT2D eigenvalue weighted by atomic mass is 9.84. The molecule has 10 heavy (non-hydrogen) atoms. The zero-order valence-corrected chi connectivity index (χ0v) is 6.15. The van der Waals surface area contributed by atoms with Gasteiger partial charge in [0, 0.05) is 14.5 Å². The fourth-order valence-electron chi connectivity index (χ4n) is 2.25. The Morgan fingerprint density at radius 3 is 2.30 bits per heavy atom. The first-order chi connectivity index (χ1) is 5.57. The molecule has 0 atom stereocenters. The van der Waals surface area contributed by atoms with Gasteiger partial charge in [0.1, 0.15) is 5.78 Å². The van der Waals surface area contributed by atoms with Gasteiger partial charge in [-0.3, -0.25) is 4.79 Å². The van der Waals surface area contributed by atoms with Gasteiger partial charge < -0.3 is 0 Å². The van der Waals surface area contributed by atoms with Gasteiger partial charge >= 0.3 is 0 Å². The van der Waals surface area contributed by atoms with Crippen LogP contribution in [0.2, 0.25) is 0 Å². The van der Waals surface area contributed by atoms with Crippen molar-refractivity contribution >= 4 is 5.78 Å². The van der Waals surface area contributed by atoms with Crippen molar-refractivity contribution in [3.8, 4) is 0 Å². The molecule has 1 heteroatoms. The van der Waals surface area contributed by atoms with Crippen molar-refractivity contribution in [2.75, 3.05) is 0 Å². The maximum absolute atomic E-state index is 11.7. The van der Waals surface area contributed by atoms with E-state index in [0.29, 0.717) is 6.42 Å². The van der Waals surface area contributed by atoms with Gasteiger partial charge in [0.2, 0.25) is 0 Å². The van der Waals surface area contributed by atoms with Gasteiger partial charge in [-0.25, -0.2) is 0 Å². The molecule has 2 fully saturated rings. The normalized spacial score (nSPS) is 38.2. The van der Waals surface area contributed by atoms with Crippen LogP contribution in [0.3, 0.4) is 0 Å². The molecule has 0 aromatic rings. The van der Waals surface area contributed by atoms with Crippen LogP contribution < -0.4 is 0 Å². The lowest BCUT2D eigenvalue weighted by Crippen LogP contribution is -2.20. The van der Waals surface area contributed by atoms with E-state index in [1.165, 1.54) is 0 Å². The van der Waals surface area contributed by atoms with E-state index in [4.69, 9.17) is 2.74 Å². The molecule has 0 N–H and O–H groups in total. The van der Waals surface area contributed by atoms with Gasteiger partial charge in [0.25, 0.3) is 0 Å². The lowest BCUT2D eigenvalue weighted by molar-refractivity contribution is -0.125. The first-order valence-electron chi connectivity index (χ1n) is 5.12. The van der Waals surface area contributed by atoms with Crippen molar-refractivity contribution < 1.29 is 7.54 Å². The summed E-state index contributed by atoms with van der Waals surface area (Å²) in [6.07, 6.45) is 3.83. The molecule has 1 spiro atoms. The Kier molecular flexibility index (Phi) is 0.941. The standard InChI is InChI=1S/C9H14O/c10-8-4-3-7-9(8)5-1-2-6-9/h1-7H2/i4D2. The van der Waals surface area contributed by atoms with Crippen LogP contribution in [-0.2, 0) is 4.79 Å². The summed E-state index contributed by atoms with van der Waals surface area (Å²) in [5.41, 5.74) is -0.233. The Hall–Kier alpha value is -0.330. The smallest absolute Gasteiger partial charge is 0.139 e. The number of carbonyl (C=O) groups is 1. The van der Waals surface area contributed by atoms with E-state index in [9.17, 15) is 4.79 Å². The third-order valence-corrected chi connectivity index (χ3v) is 2.93. The molecular formula is C9H14O. The Morgan fingerprint density at radius 1 is 1.20 bits per heavy atom. The molecule has 0 heterocycles. The fraction of sp³-hybridized carbons (Fsp3) is 0.889. The topological polar surface area (TPSA) is 17.1 Å². The Morgan fingerprint density at radius 2 is 1.80 bits per heavy atom. The fourth-order valence-corrected chi connectivity index (χ4v) is 2.25. The van der Waals surface area contributed by atoms with Gasteiger partial charge in [-0.15, -0.1) is 0 Å². The Labute approximate surface area is 64.6 Å². The highest BCUT2D eigenvalue weighted by atomic mass is 16.1. The molecule has 1 nitrogen and oxygen atoms in total. The van der Waals surface area contributed by atoms with Crippen molar-refractivity contribution in [3.63, 3.8) is 0 Å². The van der Waals surface area contributed by atoms with E-state index in [1.807, 2.05) is 0 Å². The van der Waals surface area contributed by atoms with Crippen molar-refractivity contribution in [1.82, 2.24) is 0 Å². The zero-order valence-electron chi connectivity index (χ0n) is 8.15. The largest absolute Gasteiger partial charge is 0.299 e. The second-order valence-corrected chi connectivity index (χ2v) is 3.49. The molecule has 2 saturated carbocycles. The summed E-state index contributed by atoms with van der Waals surface area (Å²) in [5.74, 6) is -0.104. The van der Waals surface area contributed by atoms with Crippen molar-refractivity contribution in [2.24, 2.45) is 5.41 Å². The summed E-state index contributed by atoms with van der Waals surface area (Å²) in [7, 11) is 0. The van der Waals surface area contributed by atoms with Crippen molar-refractivity contribution in [3.05, 3.63) is 0 Å². The highest BCUT2D eigenvalue weighted by molar-refractivity contribution is 5.86. The number of hydrogen-bond acceptors (Lipinski definition) is 1. The van der Waals surface area contributed by atoms with Gasteiger partial charge in [0.05, 0.1) is 0 Å². The van der Waals surface area contributed by atoms with Crippen LogP contribution in [-0.4, -0.2) is 5.78 Å². The first kappa shape index (κ1) is 4.53. The number of ketones is 1. The summed E-state index contributed by atoms with van der Waals surface area (Å²) in [6.45, 7) is 0. The lowest BCUT2D eigenvalue weighted by Gasteiger charge is -2.18. The Bertz CT molecular complexity index is 217. The van der Waals surface area contributed by atoms with Crippen LogP contribution in [0.4, 0.5) is 0 Å². The number of carbonyl (C=O) groups excluding carboxylic acids is 1. The van der Waals surface area contributed by atoms with Crippen LogP contribution in [0.5, 0.6) is 0 Å². The average Bonchev–Trinajstić information content (AvgIpc) is 2.55. The minimum atomic E-state index is -1.51. The molecule has 0 radical (unpaired) electrons. The molecule has 0 amide bonds. The van der Waals surface area contributed by atoms with E-state index in [2.05, 4.69) is 0 Å². The zero-order chi connectivity index (χ0) is 8.82. The van der Waals surface area contributed by atoms with Crippen LogP contribution in [0.25, 0.3) is 0 Å². The Balaban J connectivity index is 2.26. The van der Waals surface area contributed by atoms with Crippen LogP contribution in [0, 0.1) is 5.41 Å². The maximum atomic E-state index is 11.7. The van der Waals surface area contributed by atoms with Crippen LogP contribution >= 0.6 is 0 Å². The third-order valence-electron chi connectivity index (χ3n) is 2.93. The minimum Gasteiger partial charge on any atom is -0.299 e. The van der Waals surface area contributed by atoms with Gasteiger partial charge in [-0.05, 0) is 25.7 Å². The van der Waals surface area contributed by atoms with E-state index >= 15 is 0 Å². The molecule has 2 aliphatic carbocycles. The number of hydrogen-bond donors (Lipinski definition) is 0. The van der Waals surface area contributed by atoms with E-state index in [0.717, 1.165) is 32.1 Å². The highest BCUT2D eigenvalue weighted by Crippen LogP contribution is 2.47. The summed E-state index contributed by atoms with van der Waals surface area (Å²) in [5, 5.41) is 0. The predicted molar refractivity (Wildman–Crippen MR) is 39.8 cm³/mol. The van der Waals surface area contributed by atoms with E-state index < -0.39 is 6.37 Å². The quantitative estimate of drug-likeness (QED) is 0.504. The summed E-state index contributed by atoms with van der Waals surface area (Å²) in [4.78, 5) is 11.7. The third kappa shape index (κ3) is 0.727. The summed E-state index contributed by atoms with van der Waals surface area (Å²) in [6, 6.07) is 0. The molecule has 0 aromatic heterocycles. The number of Topliss-reactive ketones (excluding diaryl/α,β-unsaturated/α-hetero) is 1. The molecule has 2 rings (SSSR count). The predicted octanol–water partition coefficient (Wildman–Crippen LogP) is 2.30. The molecule has 2 aliphatic rings. The second-order valence-electron chi connectivity index (χ2n) is 3.49. The van der Waals surface area contributed by atoms with Gasteiger partial charge in [0.15, 0.2) is 0 Å². The van der Waals surface area contributed by atoms with Gasteiger partial charge in [-0.1, -0.05) is 12.8 Å². The molecule has 0 bridgehead atoms. The molecule has 0 saturated heterocycles. The molecule has 0 aromatic carbocycles. The maximum Gasteiger partial charge on any atom is 0.139 e. The minimum absolute atomic E-state index is 0.104. The molecular weight excluding hydrogens is 124 g/mol. The van der Waals surface area contributed by atoms with Gasteiger partial charge in [-0.2, -0.15) is 0 Å². The SMILES string of the molecule is [2H]C1([2H])CCC2(CCCC2)C1=O. The summed E-state index contributed by atoms with van der Waals surface area (Å²) < 4.78 is 15.0. The molecule has 0 unspecified atom stereocenters. The van der Waals surface area contributed by atoms with Crippen LogP contribution in [0.15, 0.2) is 0 Å². The summed E-state index contributed by atoms with van der Waals surface area (Å²) >= 11 is 0. The van der Waals surface area contributed by atoms with Crippen LogP contribution in [0.1, 0.15) is 47.6 Å². The molecule has 56 valence electrons. The monoisotopic (exact) mass is 140 g/mol. The second kappa shape index (κ2) is 2.08. The first-order valence-corrected chi connectivity index (χ1v) is 4.12. The number of rotatable bonds is 0. The van der Waals surface area contributed by atoms with Crippen molar-refractivity contribution in [2.45, 2.75) is 44.9 Å². The van der Waals surface area contributed by atoms with E-state index in [-0.39, 0.29) is 11.2 Å². The average molecular weight is 140 g/mol. The molecule has 0 aliphatic heterocycles. The van der Waals surface area contributed by atoms with E-state index in [1.54, 1.807) is 0 Å². The highest BCUT2D eigenvalue weighted by Gasteiger charge is 2.43. The van der Waals surface area contributed by atoms with Crippen molar-refractivity contribution in [1.29, 1.82) is 0 Å².